The Morgan fingerprint density at radius 2 is 2.15 bits per heavy atom. The molecule has 0 saturated carbocycles. The molecule has 0 radical (unpaired) electrons. The van der Waals surface area contributed by atoms with Crippen LogP contribution in [0.2, 0.25) is 0 Å². The average Bonchev–Trinajstić information content (AvgIpc) is 2.08. The van der Waals surface area contributed by atoms with E-state index in [1.54, 1.807) is 6.07 Å². The summed E-state index contributed by atoms with van der Waals surface area (Å²) < 4.78 is 0. The van der Waals surface area contributed by atoms with Gasteiger partial charge in [0.15, 0.2) is 0 Å². The third-order valence-electron chi connectivity index (χ3n) is 1.78. The first-order valence-electron chi connectivity index (χ1n) is 3.97. The van der Waals surface area contributed by atoms with Gasteiger partial charge in [0.05, 0.1) is 0 Å². The number of rotatable bonds is 3. The van der Waals surface area contributed by atoms with Gasteiger partial charge in [-0.1, -0.05) is 0 Å². The average molecular weight is 180 g/mol. The van der Waals surface area contributed by atoms with Crippen molar-refractivity contribution in [3.63, 3.8) is 0 Å². The Labute approximate surface area is 76.2 Å². The zero-order valence-electron chi connectivity index (χ0n) is 7.16. The summed E-state index contributed by atoms with van der Waals surface area (Å²) in [5.74, 6) is -0.353. The molecule has 0 fully saturated rings. The Morgan fingerprint density at radius 1 is 1.46 bits per heavy atom. The number of phenolic OH excluding ortho intramolecular Hbond substituents is 1. The lowest BCUT2D eigenvalue weighted by atomic mass is 10.1. The summed E-state index contributed by atoms with van der Waals surface area (Å²) in [6, 6.07) is 4.49. The summed E-state index contributed by atoms with van der Waals surface area (Å²) >= 11 is 0. The van der Waals surface area contributed by atoms with Gasteiger partial charge in [-0.2, -0.15) is 0 Å². The van der Waals surface area contributed by atoms with Gasteiger partial charge in [0, 0.05) is 5.56 Å². The summed E-state index contributed by atoms with van der Waals surface area (Å²) in [5, 5.41) is 9.34. The molecule has 1 aromatic rings. The van der Waals surface area contributed by atoms with Gasteiger partial charge in [-0.05, 0) is 36.7 Å². The maximum Gasteiger partial charge on any atom is 0.248 e. The molecule has 0 aromatic heterocycles. The van der Waals surface area contributed by atoms with E-state index in [4.69, 9.17) is 11.5 Å². The highest BCUT2D eigenvalue weighted by Crippen LogP contribution is 2.18. The maximum atomic E-state index is 10.8. The lowest BCUT2D eigenvalue weighted by molar-refractivity contribution is 0.1000. The monoisotopic (exact) mass is 180 g/mol. The van der Waals surface area contributed by atoms with Gasteiger partial charge in [0.1, 0.15) is 5.75 Å². The minimum atomic E-state index is -0.502. The Morgan fingerprint density at radius 3 is 2.69 bits per heavy atom. The number of carbonyl (C=O) groups is 1. The SMILES string of the molecule is NCCc1cc(C(N)=O)ccc1O. The van der Waals surface area contributed by atoms with E-state index >= 15 is 0 Å². The fourth-order valence-corrected chi connectivity index (χ4v) is 1.09. The van der Waals surface area contributed by atoms with E-state index in [-0.39, 0.29) is 5.75 Å². The van der Waals surface area contributed by atoms with E-state index in [2.05, 4.69) is 0 Å². The van der Waals surface area contributed by atoms with E-state index in [0.29, 0.717) is 24.1 Å². The summed E-state index contributed by atoms with van der Waals surface area (Å²) in [7, 11) is 0. The first-order chi connectivity index (χ1) is 6.15. The van der Waals surface area contributed by atoms with E-state index in [0.717, 1.165) is 0 Å². The second-order valence-electron chi connectivity index (χ2n) is 2.75. The summed E-state index contributed by atoms with van der Waals surface area (Å²) in [5.41, 5.74) is 11.4. The van der Waals surface area contributed by atoms with Crippen LogP contribution in [0.1, 0.15) is 15.9 Å². The molecule has 0 aliphatic rings. The van der Waals surface area contributed by atoms with Crippen molar-refractivity contribution >= 4 is 5.91 Å². The van der Waals surface area contributed by atoms with Crippen LogP contribution in [0.4, 0.5) is 0 Å². The minimum Gasteiger partial charge on any atom is -0.508 e. The van der Waals surface area contributed by atoms with Crippen molar-refractivity contribution in [3.8, 4) is 5.75 Å². The van der Waals surface area contributed by atoms with Crippen LogP contribution < -0.4 is 11.5 Å². The zero-order chi connectivity index (χ0) is 9.84. The summed E-state index contributed by atoms with van der Waals surface area (Å²) in [4.78, 5) is 10.8. The quantitative estimate of drug-likeness (QED) is 0.611. The highest BCUT2D eigenvalue weighted by atomic mass is 16.3. The van der Waals surface area contributed by atoms with Crippen LogP contribution in [0.5, 0.6) is 5.75 Å². The largest absolute Gasteiger partial charge is 0.508 e. The van der Waals surface area contributed by atoms with Gasteiger partial charge < -0.3 is 16.6 Å². The van der Waals surface area contributed by atoms with E-state index in [1.807, 2.05) is 0 Å². The maximum absolute atomic E-state index is 10.8. The highest BCUT2D eigenvalue weighted by Gasteiger charge is 2.05. The van der Waals surface area contributed by atoms with Crippen molar-refractivity contribution in [2.75, 3.05) is 6.54 Å². The smallest absolute Gasteiger partial charge is 0.248 e. The second kappa shape index (κ2) is 3.91. The number of nitrogens with two attached hydrogens (primary N) is 2. The number of benzene rings is 1. The molecule has 1 amide bonds. The van der Waals surface area contributed by atoms with Crippen molar-refractivity contribution in [1.29, 1.82) is 0 Å². The topological polar surface area (TPSA) is 89.3 Å². The van der Waals surface area contributed by atoms with Crippen molar-refractivity contribution in [2.24, 2.45) is 11.5 Å². The van der Waals surface area contributed by atoms with Crippen molar-refractivity contribution in [3.05, 3.63) is 29.3 Å². The number of phenols is 1. The van der Waals surface area contributed by atoms with Crippen LogP contribution in [-0.4, -0.2) is 17.6 Å². The van der Waals surface area contributed by atoms with Crippen LogP contribution in [0.3, 0.4) is 0 Å². The number of primary amides is 1. The zero-order valence-corrected chi connectivity index (χ0v) is 7.16. The number of aromatic hydroxyl groups is 1. The molecule has 0 atom stereocenters. The van der Waals surface area contributed by atoms with Crippen molar-refractivity contribution < 1.29 is 9.90 Å². The van der Waals surface area contributed by atoms with Gasteiger partial charge in [-0.15, -0.1) is 0 Å². The fraction of sp³-hybridized carbons (Fsp3) is 0.222. The molecular weight excluding hydrogens is 168 g/mol. The normalized spacial score (nSPS) is 9.92. The molecule has 5 N–H and O–H groups in total. The van der Waals surface area contributed by atoms with Crippen LogP contribution >= 0.6 is 0 Å². The van der Waals surface area contributed by atoms with Crippen molar-refractivity contribution in [2.45, 2.75) is 6.42 Å². The molecule has 70 valence electrons. The van der Waals surface area contributed by atoms with E-state index in [9.17, 15) is 9.90 Å². The molecule has 1 rings (SSSR count). The Balaban J connectivity index is 3.03. The molecule has 0 spiro atoms. The number of carbonyl (C=O) groups excluding carboxylic acids is 1. The molecular formula is C9H12N2O2. The lowest BCUT2D eigenvalue weighted by Crippen LogP contribution is -2.11. The predicted octanol–water partition coefficient (Wildman–Crippen LogP) is -0.00770. The van der Waals surface area contributed by atoms with E-state index in [1.165, 1.54) is 12.1 Å². The number of amides is 1. The fourth-order valence-electron chi connectivity index (χ4n) is 1.09. The standard InChI is InChI=1S/C9H12N2O2/c10-4-3-6-5-7(9(11)13)1-2-8(6)12/h1-2,5,12H,3-4,10H2,(H2,11,13). The third-order valence-corrected chi connectivity index (χ3v) is 1.78. The third kappa shape index (κ3) is 2.19. The molecule has 1 aromatic carbocycles. The second-order valence-corrected chi connectivity index (χ2v) is 2.75. The summed E-state index contributed by atoms with van der Waals surface area (Å²) in [6.07, 6.45) is 0.535. The Kier molecular flexibility index (Phi) is 2.87. The van der Waals surface area contributed by atoms with Crippen LogP contribution in [0, 0.1) is 0 Å². The molecule has 0 aliphatic carbocycles. The van der Waals surface area contributed by atoms with Gasteiger partial charge in [0.2, 0.25) is 5.91 Å². The van der Waals surface area contributed by atoms with Gasteiger partial charge in [0.25, 0.3) is 0 Å². The van der Waals surface area contributed by atoms with Gasteiger partial charge in [-0.3, -0.25) is 4.79 Å². The first kappa shape index (κ1) is 9.54. The molecule has 0 unspecified atom stereocenters. The first-order valence-corrected chi connectivity index (χ1v) is 3.97. The van der Waals surface area contributed by atoms with Gasteiger partial charge >= 0.3 is 0 Å². The minimum absolute atomic E-state index is 0.149. The highest BCUT2D eigenvalue weighted by molar-refractivity contribution is 5.93. The predicted molar refractivity (Wildman–Crippen MR) is 49.4 cm³/mol. The molecule has 4 heteroatoms. The molecule has 0 heterocycles. The molecule has 4 nitrogen and oxygen atoms in total. The lowest BCUT2D eigenvalue weighted by Gasteiger charge is -2.03. The molecule has 0 saturated heterocycles. The van der Waals surface area contributed by atoms with E-state index < -0.39 is 5.91 Å². The van der Waals surface area contributed by atoms with Crippen LogP contribution in [0.15, 0.2) is 18.2 Å². The van der Waals surface area contributed by atoms with Crippen molar-refractivity contribution in [1.82, 2.24) is 0 Å². The van der Waals surface area contributed by atoms with Crippen LogP contribution in [0.25, 0.3) is 0 Å². The molecule has 0 bridgehead atoms. The van der Waals surface area contributed by atoms with Crippen LogP contribution in [-0.2, 0) is 6.42 Å². The number of hydrogen-bond acceptors (Lipinski definition) is 3. The van der Waals surface area contributed by atoms with Gasteiger partial charge in [-0.25, -0.2) is 0 Å². The Bertz CT molecular complexity index is 323. The summed E-state index contributed by atoms with van der Waals surface area (Å²) in [6.45, 7) is 0.426. The molecule has 13 heavy (non-hydrogen) atoms. The molecule has 0 aliphatic heterocycles. The Hall–Kier alpha value is -1.55. The number of hydrogen-bond donors (Lipinski definition) is 3.